The van der Waals surface area contributed by atoms with Crippen LogP contribution in [0, 0.1) is 0 Å². The van der Waals surface area contributed by atoms with E-state index in [1.165, 1.54) is 49.6 Å². The third-order valence-electron chi connectivity index (χ3n) is 5.82. The van der Waals surface area contributed by atoms with E-state index >= 15 is 0 Å². The second-order valence-corrected chi connectivity index (χ2v) is 9.93. The number of sulfonamides is 1. The number of nitrogens with zero attached hydrogens (tertiary/aromatic N) is 2. The zero-order valence-electron chi connectivity index (χ0n) is 19.9. The molecular formula is C28H20N2O7S. The Morgan fingerprint density at radius 3 is 2.00 bits per heavy atom. The van der Waals surface area contributed by atoms with Crippen molar-refractivity contribution in [1.29, 1.82) is 0 Å². The molecule has 9 nitrogen and oxygen atoms in total. The Morgan fingerprint density at radius 2 is 1.42 bits per heavy atom. The summed E-state index contributed by atoms with van der Waals surface area (Å²) < 4.78 is 39.1. The Bertz CT molecular complexity index is 1750. The Balaban J connectivity index is 1.67. The average Bonchev–Trinajstić information content (AvgIpc) is 2.93. The fourth-order valence-electron chi connectivity index (χ4n) is 3.99. The van der Waals surface area contributed by atoms with E-state index in [2.05, 4.69) is 4.98 Å². The zero-order chi connectivity index (χ0) is 26.9. The number of rotatable bonds is 6. The molecule has 0 aliphatic carbocycles. The predicted molar refractivity (Wildman–Crippen MR) is 141 cm³/mol. The van der Waals surface area contributed by atoms with Crippen molar-refractivity contribution < 1.29 is 32.6 Å². The van der Waals surface area contributed by atoms with Gasteiger partial charge in [0.1, 0.15) is 5.75 Å². The molecule has 38 heavy (non-hydrogen) atoms. The molecule has 0 bridgehead atoms. The lowest BCUT2D eigenvalue weighted by atomic mass is 10.1. The highest BCUT2D eigenvalue weighted by atomic mass is 32.2. The number of methoxy groups -OCH3 is 1. The van der Waals surface area contributed by atoms with Crippen LogP contribution in [0.3, 0.4) is 0 Å². The molecule has 0 atom stereocenters. The van der Waals surface area contributed by atoms with E-state index in [1.54, 1.807) is 48.5 Å². The van der Waals surface area contributed by atoms with Gasteiger partial charge in [0.15, 0.2) is 5.75 Å². The number of hydrogen-bond donors (Lipinski definition) is 1. The number of amides is 1. The highest BCUT2D eigenvalue weighted by Crippen LogP contribution is 2.35. The van der Waals surface area contributed by atoms with Gasteiger partial charge < -0.3 is 14.6 Å². The second-order valence-electron chi connectivity index (χ2n) is 8.14. The molecule has 0 spiro atoms. The quantitative estimate of drug-likeness (QED) is 0.287. The summed E-state index contributed by atoms with van der Waals surface area (Å²) >= 11 is 0. The first kappa shape index (κ1) is 24.7. The van der Waals surface area contributed by atoms with Crippen LogP contribution in [-0.4, -0.2) is 37.7 Å². The smallest absolute Gasteiger partial charge is 0.434 e. The maximum atomic E-state index is 13.8. The largest absolute Gasteiger partial charge is 0.497 e. The molecule has 10 heteroatoms. The summed E-state index contributed by atoms with van der Waals surface area (Å²) in [6.45, 7) is 0. The Kier molecular flexibility index (Phi) is 6.39. The monoisotopic (exact) mass is 528 g/mol. The third-order valence-corrected chi connectivity index (χ3v) is 7.51. The number of pyridine rings is 1. The minimum atomic E-state index is -4.62. The molecule has 1 N–H and O–H groups in total. The number of hydrogen-bond acceptors (Lipinski definition) is 7. The summed E-state index contributed by atoms with van der Waals surface area (Å²) in [5, 5.41) is 10.4. The summed E-state index contributed by atoms with van der Waals surface area (Å²) in [6, 6.07) is 24.6. The number of ether oxygens (including phenoxy) is 2. The summed E-state index contributed by atoms with van der Waals surface area (Å²) in [7, 11) is -3.16. The Hall–Kier alpha value is -4.96. The molecule has 0 saturated carbocycles. The number of carboxylic acid groups (broad SMARTS) is 1. The SMILES string of the molecule is COc1ccc(N(C(=O)Oc2c3ccccc3nc3ccccc23)S(=O)(=O)c2cccc(C(=O)O)c2)cc1. The summed E-state index contributed by atoms with van der Waals surface area (Å²) in [5.41, 5.74) is 0.837. The van der Waals surface area contributed by atoms with Gasteiger partial charge in [0.2, 0.25) is 0 Å². The van der Waals surface area contributed by atoms with Crippen LogP contribution in [0.25, 0.3) is 21.8 Å². The number of aromatic nitrogens is 1. The molecule has 1 amide bonds. The van der Waals surface area contributed by atoms with Crippen LogP contribution in [0.15, 0.2) is 102 Å². The summed E-state index contributed by atoms with van der Waals surface area (Å²) in [6.07, 6.45) is -1.21. The van der Waals surface area contributed by atoms with Gasteiger partial charge in [-0.25, -0.2) is 23.0 Å². The van der Waals surface area contributed by atoms with E-state index in [0.29, 0.717) is 31.9 Å². The van der Waals surface area contributed by atoms with Crippen molar-refractivity contribution in [3.8, 4) is 11.5 Å². The first-order valence-electron chi connectivity index (χ1n) is 11.3. The van der Waals surface area contributed by atoms with Gasteiger partial charge in [0.25, 0.3) is 10.0 Å². The first-order valence-corrected chi connectivity index (χ1v) is 12.8. The molecule has 0 unspecified atom stereocenters. The maximum Gasteiger partial charge on any atom is 0.434 e. The van der Waals surface area contributed by atoms with Gasteiger partial charge in [-0.05, 0) is 66.7 Å². The number of aromatic carboxylic acids is 1. The molecule has 5 rings (SSSR count). The molecular weight excluding hydrogens is 508 g/mol. The van der Waals surface area contributed by atoms with E-state index in [1.807, 2.05) is 0 Å². The van der Waals surface area contributed by atoms with Crippen LogP contribution < -0.4 is 13.8 Å². The topological polar surface area (TPSA) is 123 Å². The number of carbonyl (C=O) groups excluding carboxylic acids is 1. The fourth-order valence-corrected chi connectivity index (χ4v) is 5.36. The minimum absolute atomic E-state index is 0.0285. The van der Waals surface area contributed by atoms with E-state index in [9.17, 15) is 23.1 Å². The molecule has 0 radical (unpaired) electrons. The molecule has 1 heterocycles. The molecule has 190 valence electrons. The highest BCUT2D eigenvalue weighted by molar-refractivity contribution is 7.93. The van der Waals surface area contributed by atoms with Crippen LogP contribution in [0.5, 0.6) is 11.5 Å². The molecule has 5 aromatic rings. The van der Waals surface area contributed by atoms with Crippen LogP contribution in [0.1, 0.15) is 10.4 Å². The van der Waals surface area contributed by atoms with Crippen LogP contribution in [-0.2, 0) is 10.0 Å². The molecule has 4 aromatic carbocycles. The van der Waals surface area contributed by atoms with Crippen LogP contribution >= 0.6 is 0 Å². The number of carboxylic acids is 1. The maximum absolute atomic E-state index is 13.8. The van der Waals surface area contributed by atoms with Gasteiger partial charge in [0, 0.05) is 10.8 Å². The van der Waals surface area contributed by atoms with E-state index in [-0.39, 0.29) is 17.0 Å². The third kappa shape index (κ3) is 4.48. The first-order chi connectivity index (χ1) is 18.3. The van der Waals surface area contributed by atoms with Crippen molar-refractivity contribution in [2.45, 2.75) is 4.90 Å². The van der Waals surface area contributed by atoms with Crippen molar-refractivity contribution in [3.05, 3.63) is 103 Å². The molecule has 0 saturated heterocycles. The predicted octanol–water partition coefficient (Wildman–Crippen LogP) is 5.49. The van der Waals surface area contributed by atoms with Gasteiger partial charge in [-0.15, -0.1) is 0 Å². The lowest BCUT2D eigenvalue weighted by Gasteiger charge is -2.23. The van der Waals surface area contributed by atoms with Gasteiger partial charge in [-0.3, -0.25) is 0 Å². The van der Waals surface area contributed by atoms with Gasteiger partial charge in [0.05, 0.1) is 34.3 Å². The number of anilines is 1. The normalized spacial score (nSPS) is 11.3. The summed E-state index contributed by atoms with van der Waals surface area (Å²) in [4.78, 5) is 29.4. The summed E-state index contributed by atoms with van der Waals surface area (Å²) in [5.74, 6) is -0.724. The zero-order valence-corrected chi connectivity index (χ0v) is 20.8. The van der Waals surface area contributed by atoms with Crippen molar-refractivity contribution >= 4 is 49.6 Å². The van der Waals surface area contributed by atoms with Gasteiger partial charge >= 0.3 is 12.1 Å². The molecule has 1 aromatic heterocycles. The second kappa shape index (κ2) is 9.83. The number of carbonyl (C=O) groups is 2. The van der Waals surface area contributed by atoms with E-state index < -0.39 is 27.0 Å². The Morgan fingerprint density at radius 1 is 0.816 bits per heavy atom. The van der Waals surface area contributed by atoms with Crippen LogP contribution in [0.4, 0.5) is 10.5 Å². The van der Waals surface area contributed by atoms with Crippen molar-refractivity contribution in [3.63, 3.8) is 0 Å². The lowest BCUT2D eigenvalue weighted by molar-refractivity contribution is 0.0696. The highest BCUT2D eigenvalue weighted by Gasteiger charge is 2.34. The standard InChI is InChI=1S/C28H20N2O7S/c1-36-20-15-13-19(14-16-20)30(38(34,35)21-8-6-7-18(17-21)27(31)32)28(33)37-26-22-9-2-4-11-24(22)29-25-12-5-3-10-23(25)26/h2-17H,1H3,(H,31,32). The number of para-hydroxylation sites is 2. The van der Waals surface area contributed by atoms with Gasteiger partial charge in [-0.1, -0.05) is 30.3 Å². The lowest BCUT2D eigenvalue weighted by Crippen LogP contribution is -2.39. The van der Waals surface area contributed by atoms with Gasteiger partial charge in [-0.2, -0.15) is 4.31 Å². The van der Waals surface area contributed by atoms with E-state index in [4.69, 9.17) is 9.47 Å². The fraction of sp³-hybridized carbons (Fsp3) is 0.0357. The minimum Gasteiger partial charge on any atom is -0.497 e. The molecule has 0 aliphatic heterocycles. The number of benzene rings is 4. The van der Waals surface area contributed by atoms with Crippen LogP contribution in [0.2, 0.25) is 0 Å². The molecule has 0 fully saturated rings. The average molecular weight is 529 g/mol. The van der Waals surface area contributed by atoms with Crippen molar-refractivity contribution in [1.82, 2.24) is 4.98 Å². The van der Waals surface area contributed by atoms with Crippen molar-refractivity contribution in [2.24, 2.45) is 0 Å². The van der Waals surface area contributed by atoms with Crippen molar-refractivity contribution in [2.75, 3.05) is 11.4 Å². The Labute approximate surface area is 217 Å². The van der Waals surface area contributed by atoms with E-state index in [0.717, 1.165) is 6.07 Å². The molecule has 0 aliphatic rings. The number of fused-ring (bicyclic) bond motifs is 2.